The second-order valence-corrected chi connectivity index (χ2v) is 8.45. The summed E-state index contributed by atoms with van der Waals surface area (Å²) in [5, 5.41) is 64.1. The van der Waals surface area contributed by atoms with E-state index < -0.39 is 79.9 Å². The van der Waals surface area contributed by atoms with Crippen molar-refractivity contribution in [3.63, 3.8) is 0 Å². The van der Waals surface area contributed by atoms with Gasteiger partial charge in [-0.3, -0.25) is 14.3 Å². The summed E-state index contributed by atoms with van der Waals surface area (Å²) in [6.07, 6.45) is -5.29. The molecule has 0 radical (unpaired) electrons. The van der Waals surface area contributed by atoms with E-state index >= 15 is 0 Å². The van der Waals surface area contributed by atoms with Crippen molar-refractivity contribution in [3.8, 4) is 0 Å². The van der Waals surface area contributed by atoms with Crippen molar-refractivity contribution in [2.45, 2.75) is 62.0 Å². The lowest BCUT2D eigenvalue weighted by molar-refractivity contribution is -0.146. The molecule has 0 aliphatic carbocycles. The van der Waals surface area contributed by atoms with Gasteiger partial charge in [0, 0.05) is 18.0 Å². The van der Waals surface area contributed by atoms with Gasteiger partial charge in [0.25, 0.3) is 5.91 Å². The number of nitrogens with zero attached hydrogens (tertiary/aromatic N) is 3. The van der Waals surface area contributed by atoms with Gasteiger partial charge in [-0.1, -0.05) is 0 Å². The smallest absolute Gasteiger partial charge is 0.351 e. The Morgan fingerprint density at radius 3 is 2.06 bits per heavy atom. The van der Waals surface area contributed by atoms with Gasteiger partial charge in [-0.25, -0.2) is 4.79 Å². The summed E-state index contributed by atoms with van der Waals surface area (Å²) in [5.74, 6) is -0.500. The average molecular weight is 514 g/mol. The minimum Gasteiger partial charge on any atom is -0.394 e. The van der Waals surface area contributed by atoms with Gasteiger partial charge in [0.1, 0.15) is 48.5 Å². The molecule has 0 bridgehead atoms. The standard InChI is InChI=1S/2C10H15N3O5/c1-4-2-13(10(17)12-8(4)11)9-7(16)6(15)5(3-14)18-9;11-4-1-2-13(9(17)6(4)12)10-8(16)7(15)5(3-14)18-10/h2,5-7,9,14-16H,3H2,1H3,(H2,11,12,17);1-2,5-8,10-11,14-16H,3,12H2/t5-,6+,7?,9-;5-,6?,7+,8?,10-/m11/s1. The van der Waals surface area contributed by atoms with Crippen LogP contribution in [-0.2, 0) is 14.3 Å². The number of rotatable bonds is 4. The monoisotopic (exact) mass is 514 g/mol. The zero-order valence-electron chi connectivity index (χ0n) is 19.2. The van der Waals surface area contributed by atoms with Crippen LogP contribution in [0, 0.1) is 12.3 Å². The molecule has 2 fully saturated rings. The fourth-order valence-corrected chi connectivity index (χ4v) is 3.82. The molecule has 3 aliphatic heterocycles. The number of carbonyl (C=O) groups is 1. The van der Waals surface area contributed by atoms with E-state index in [9.17, 15) is 30.0 Å². The first-order valence-corrected chi connectivity index (χ1v) is 10.9. The number of hydrogen-bond acceptors (Lipinski definition) is 14. The molecule has 11 N–H and O–H groups in total. The van der Waals surface area contributed by atoms with Gasteiger partial charge in [-0.15, -0.1) is 0 Å². The molecule has 0 saturated carbocycles. The van der Waals surface area contributed by atoms with Gasteiger partial charge >= 0.3 is 5.69 Å². The van der Waals surface area contributed by atoms with Crippen molar-refractivity contribution < 1.29 is 44.9 Å². The molecule has 200 valence electrons. The van der Waals surface area contributed by atoms with Gasteiger partial charge in [0.15, 0.2) is 12.5 Å². The first-order chi connectivity index (χ1) is 16.9. The van der Waals surface area contributed by atoms with Gasteiger partial charge in [0.05, 0.1) is 18.9 Å². The fourth-order valence-electron chi connectivity index (χ4n) is 3.82. The highest BCUT2D eigenvalue weighted by atomic mass is 16.6. The number of ether oxygens (including phenoxy) is 2. The molecule has 16 heteroatoms. The number of carbonyl (C=O) groups excluding carboxylic acids is 1. The summed E-state index contributed by atoms with van der Waals surface area (Å²) in [5.41, 5.74) is 10.8. The third-order valence-corrected chi connectivity index (χ3v) is 6.03. The largest absolute Gasteiger partial charge is 0.394 e. The van der Waals surface area contributed by atoms with Crippen LogP contribution >= 0.6 is 0 Å². The molecular weight excluding hydrogens is 484 g/mol. The third-order valence-electron chi connectivity index (χ3n) is 6.03. The Kier molecular flexibility index (Phi) is 8.55. The topological polar surface area (TPSA) is 271 Å². The van der Waals surface area contributed by atoms with Gasteiger partial charge in [0.2, 0.25) is 0 Å². The first-order valence-electron chi connectivity index (χ1n) is 10.9. The van der Waals surface area contributed by atoms with E-state index in [4.69, 9.17) is 36.6 Å². The lowest BCUT2D eigenvalue weighted by atomic mass is 10.1. The molecule has 0 aromatic carbocycles. The van der Waals surface area contributed by atoms with Crippen molar-refractivity contribution >= 4 is 17.4 Å². The maximum absolute atomic E-state index is 11.8. The van der Waals surface area contributed by atoms with Gasteiger partial charge < -0.3 is 57.0 Å². The summed E-state index contributed by atoms with van der Waals surface area (Å²) in [6, 6.07) is -1.11. The van der Waals surface area contributed by atoms with Crippen LogP contribution in [-0.4, -0.2) is 119 Å². The summed E-state index contributed by atoms with van der Waals surface area (Å²) < 4.78 is 11.5. The Balaban J connectivity index is 0.000000201. The van der Waals surface area contributed by atoms with Crippen molar-refractivity contribution in [2.24, 2.45) is 5.73 Å². The lowest BCUT2D eigenvalue weighted by Crippen LogP contribution is -2.54. The van der Waals surface area contributed by atoms with Crippen molar-refractivity contribution in [3.05, 3.63) is 34.5 Å². The highest BCUT2D eigenvalue weighted by Crippen LogP contribution is 2.28. The van der Waals surface area contributed by atoms with Crippen LogP contribution in [0.25, 0.3) is 0 Å². The lowest BCUT2D eigenvalue weighted by Gasteiger charge is -2.31. The van der Waals surface area contributed by atoms with E-state index in [-0.39, 0.29) is 11.5 Å². The predicted molar refractivity (Wildman–Crippen MR) is 120 cm³/mol. The second-order valence-electron chi connectivity index (χ2n) is 8.45. The van der Waals surface area contributed by atoms with Gasteiger partial charge in [-0.05, 0) is 13.0 Å². The van der Waals surface area contributed by atoms with Crippen LogP contribution in [0.15, 0.2) is 23.3 Å². The number of anilines is 1. The number of nitrogens with one attached hydrogen (secondary N) is 1. The van der Waals surface area contributed by atoms with Crippen LogP contribution in [0.3, 0.4) is 0 Å². The highest BCUT2D eigenvalue weighted by Gasteiger charge is 2.47. The molecule has 4 rings (SSSR count). The molecule has 3 unspecified atom stereocenters. The van der Waals surface area contributed by atoms with Gasteiger partial charge in [-0.2, -0.15) is 4.98 Å². The first kappa shape index (κ1) is 27.8. The number of aromatic nitrogens is 2. The van der Waals surface area contributed by atoms with E-state index in [1.807, 2.05) is 0 Å². The SMILES string of the molecule is Cc1cn([C@@H]2O[C@H](CO)[C@H](O)C2O)c(=O)nc1N.N=C1C=CN([C@@H]2O[C@H](CO)[C@H](O)C2O)C(=O)C1N. The van der Waals surface area contributed by atoms with Crippen molar-refractivity contribution in [2.75, 3.05) is 18.9 Å². The Morgan fingerprint density at radius 1 is 1.00 bits per heavy atom. The Morgan fingerprint density at radius 2 is 1.53 bits per heavy atom. The number of aryl methyl sites for hydroxylation is 1. The zero-order valence-corrected chi connectivity index (χ0v) is 19.2. The molecule has 16 nitrogen and oxygen atoms in total. The summed E-state index contributed by atoms with van der Waals surface area (Å²) >= 11 is 0. The number of aliphatic hydroxyl groups is 6. The van der Waals surface area contributed by atoms with Crippen molar-refractivity contribution in [1.82, 2.24) is 14.5 Å². The van der Waals surface area contributed by atoms with Crippen LogP contribution in [0.4, 0.5) is 5.82 Å². The minimum absolute atomic E-state index is 0.0389. The molecule has 36 heavy (non-hydrogen) atoms. The van der Waals surface area contributed by atoms with Crippen LogP contribution in [0.1, 0.15) is 11.8 Å². The number of amides is 1. The molecule has 1 aromatic rings. The second kappa shape index (κ2) is 11.1. The van der Waals surface area contributed by atoms with E-state index in [0.717, 1.165) is 9.47 Å². The maximum atomic E-state index is 11.8. The van der Waals surface area contributed by atoms with E-state index in [2.05, 4.69) is 4.98 Å². The van der Waals surface area contributed by atoms with E-state index in [0.29, 0.717) is 5.56 Å². The van der Waals surface area contributed by atoms with E-state index in [1.54, 1.807) is 6.92 Å². The maximum Gasteiger partial charge on any atom is 0.351 e. The fraction of sp³-hybridized carbons (Fsp3) is 0.600. The molecule has 4 heterocycles. The molecule has 9 atom stereocenters. The van der Waals surface area contributed by atoms with Crippen LogP contribution in [0.5, 0.6) is 0 Å². The Bertz CT molecular complexity index is 1070. The zero-order chi connectivity index (χ0) is 26.9. The third kappa shape index (κ3) is 5.17. The quantitative estimate of drug-likeness (QED) is 0.182. The molecular formula is C20H30N6O10. The average Bonchev–Trinajstić information content (AvgIpc) is 3.30. The predicted octanol–water partition coefficient (Wildman–Crippen LogP) is -5.13. The van der Waals surface area contributed by atoms with Crippen LogP contribution in [0.2, 0.25) is 0 Å². The highest BCUT2D eigenvalue weighted by molar-refractivity contribution is 6.14. The summed E-state index contributed by atoms with van der Waals surface area (Å²) in [7, 11) is 0. The molecule has 1 amide bonds. The normalized spacial score (nSPS) is 36.2. The van der Waals surface area contributed by atoms with E-state index in [1.165, 1.54) is 18.5 Å². The number of nitrogen functional groups attached to an aromatic ring is 1. The molecule has 2 saturated heterocycles. The van der Waals surface area contributed by atoms with Crippen molar-refractivity contribution in [1.29, 1.82) is 5.41 Å². The molecule has 1 aromatic heterocycles. The number of hydrogen-bond donors (Lipinski definition) is 9. The van der Waals surface area contributed by atoms with Crippen LogP contribution < -0.4 is 17.2 Å². The molecule has 0 spiro atoms. The number of aliphatic hydroxyl groups excluding tert-OH is 6. The molecule has 3 aliphatic rings. The summed E-state index contributed by atoms with van der Waals surface area (Å²) in [6.45, 7) is 0.729. The minimum atomic E-state index is -1.34. The Labute approximate surface area is 204 Å². The number of nitrogens with two attached hydrogens (primary N) is 2. The Hall–Kier alpha value is -2.80. The summed E-state index contributed by atoms with van der Waals surface area (Å²) in [4.78, 5) is 28.1.